The second-order valence-electron chi connectivity index (χ2n) is 3.62. The van der Waals surface area contributed by atoms with E-state index in [0.717, 1.165) is 6.07 Å². The average Bonchev–Trinajstić information content (AvgIpc) is 2.32. The number of aromatic nitrogens is 1. The molecule has 5 heteroatoms. The second-order valence-corrected chi connectivity index (χ2v) is 4.03. The fourth-order valence-corrected chi connectivity index (χ4v) is 1.63. The van der Waals surface area contributed by atoms with E-state index in [1.165, 1.54) is 18.2 Å². The summed E-state index contributed by atoms with van der Waals surface area (Å²) in [6.07, 6.45) is 0. The van der Waals surface area contributed by atoms with Crippen molar-refractivity contribution in [3.8, 4) is 17.7 Å². The smallest absolute Gasteiger partial charge is 0.220 e. The molecule has 2 aromatic rings. The Morgan fingerprint density at radius 2 is 2.11 bits per heavy atom. The molecule has 0 radical (unpaired) electrons. The minimum Gasteiger partial charge on any atom is -0.437 e. The van der Waals surface area contributed by atoms with Gasteiger partial charge in [0, 0.05) is 11.8 Å². The minimum absolute atomic E-state index is 0.150. The molecule has 0 aliphatic rings. The number of pyridine rings is 1. The summed E-state index contributed by atoms with van der Waals surface area (Å²) < 4.78 is 18.3. The number of halogens is 2. The average molecular weight is 263 g/mol. The maximum absolute atomic E-state index is 12.9. The monoisotopic (exact) mass is 262 g/mol. The molecular formula is C13H8ClFN2O. The molecule has 0 aliphatic carbocycles. The van der Waals surface area contributed by atoms with Gasteiger partial charge in [0.2, 0.25) is 5.88 Å². The summed E-state index contributed by atoms with van der Waals surface area (Å²) in [5, 5.41) is 8.98. The summed E-state index contributed by atoms with van der Waals surface area (Å²) in [5.74, 6) is 0.0994. The van der Waals surface area contributed by atoms with Gasteiger partial charge in [0.1, 0.15) is 11.6 Å². The first-order chi connectivity index (χ1) is 8.58. The quantitative estimate of drug-likeness (QED) is 0.826. The van der Waals surface area contributed by atoms with E-state index in [2.05, 4.69) is 4.98 Å². The van der Waals surface area contributed by atoms with Crippen LogP contribution in [0.5, 0.6) is 11.6 Å². The molecule has 90 valence electrons. The molecule has 1 aromatic carbocycles. The molecule has 0 fully saturated rings. The third kappa shape index (κ3) is 2.76. The predicted octanol–water partition coefficient (Wildman–Crippen LogP) is 3.85. The highest BCUT2D eigenvalue weighted by atomic mass is 35.5. The van der Waals surface area contributed by atoms with Gasteiger partial charge in [0.05, 0.1) is 16.7 Å². The number of rotatable bonds is 2. The zero-order chi connectivity index (χ0) is 13.1. The Balaban J connectivity index is 2.34. The largest absolute Gasteiger partial charge is 0.437 e. The summed E-state index contributed by atoms with van der Waals surface area (Å²) in [6.45, 7) is 1.75. The van der Waals surface area contributed by atoms with Crippen molar-refractivity contribution in [3.05, 3.63) is 52.4 Å². The van der Waals surface area contributed by atoms with Gasteiger partial charge >= 0.3 is 0 Å². The van der Waals surface area contributed by atoms with Crippen molar-refractivity contribution in [1.29, 1.82) is 5.26 Å². The van der Waals surface area contributed by atoms with E-state index in [9.17, 15) is 4.39 Å². The van der Waals surface area contributed by atoms with Gasteiger partial charge in [-0.3, -0.25) is 0 Å². The summed E-state index contributed by atoms with van der Waals surface area (Å²) in [4.78, 5) is 4.11. The van der Waals surface area contributed by atoms with E-state index in [4.69, 9.17) is 21.6 Å². The molecule has 18 heavy (non-hydrogen) atoms. The normalized spacial score (nSPS) is 9.89. The Morgan fingerprint density at radius 1 is 1.33 bits per heavy atom. The van der Waals surface area contributed by atoms with Crippen LogP contribution in [0.15, 0.2) is 30.3 Å². The van der Waals surface area contributed by atoms with Crippen LogP contribution in [0.3, 0.4) is 0 Å². The maximum Gasteiger partial charge on any atom is 0.220 e. The van der Waals surface area contributed by atoms with Crippen LogP contribution in [0.2, 0.25) is 5.02 Å². The number of ether oxygens (including phenoxy) is 1. The highest BCUT2D eigenvalue weighted by Gasteiger charge is 2.07. The van der Waals surface area contributed by atoms with Gasteiger partial charge < -0.3 is 4.74 Å². The van der Waals surface area contributed by atoms with Crippen LogP contribution < -0.4 is 4.74 Å². The first-order valence-electron chi connectivity index (χ1n) is 5.10. The van der Waals surface area contributed by atoms with Crippen LogP contribution in [-0.4, -0.2) is 4.98 Å². The van der Waals surface area contributed by atoms with Gasteiger partial charge in [-0.2, -0.15) is 5.26 Å². The summed E-state index contributed by atoms with van der Waals surface area (Å²) >= 11 is 5.84. The Kier molecular flexibility index (Phi) is 3.45. The molecule has 0 spiro atoms. The van der Waals surface area contributed by atoms with Crippen molar-refractivity contribution in [2.75, 3.05) is 0 Å². The molecular weight excluding hydrogens is 255 g/mol. The second kappa shape index (κ2) is 5.03. The highest BCUT2D eigenvalue weighted by molar-refractivity contribution is 6.32. The number of nitrogens with zero attached hydrogens (tertiary/aromatic N) is 2. The Morgan fingerprint density at radius 3 is 2.78 bits per heavy atom. The van der Waals surface area contributed by atoms with Crippen LogP contribution in [0.25, 0.3) is 0 Å². The Labute approximate surface area is 108 Å². The molecule has 0 N–H and O–H groups in total. The molecule has 0 saturated heterocycles. The molecule has 0 aliphatic heterocycles. The van der Waals surface area contributed by atoms with Crippen LogP contribution >= 0.6 is 11.6 Å². The maximum atomic E-state index is 12.9. The zero-order valence-corrected chi connectivity index (χ0v) is 10.2. The number of hydrogen-bond donors (Lipinski definition) is 0. The number of nitriles is 1. The lowest BCUT2D eigenvalue weighted by Gasteiger charge is -2.07. The van der Waals surface area contributed by atoms with Gasteiger partial charge in [-0.25, -0.2) is 9.37 Å². The van der Waals surface area contributed by atoms with Crippen molar-refractivity contribution in [3.63, 3.8) is 0 Å². The number of hydrogen-bond acceptors (Lipinski definition) is 3. The fourth-order valence-electron chi connectivity index (χ4n) is 1.43. The van der Waals surface area contributed by atoms with Crippen LogP contribution in [0.1, 0.15) is 11.3 Å². The first kappa shape index (κ1) is 12.3. The lowest BCUT2D eigenvalue weighted by Crippen LogP contribution is -1.92. The molecule has 2 rings (SSSR count). The topological polar surface area (TPSA) is 45.9 Å². The van der Waals surface area contributed by atoms with Crippen LogP contribution in [0, 0.1) is 24.1 Å². The van der Waals surface area contributed by atoms with Gasteiger partial charge in [-0.1, -0.05) is 11.6 Å². The van der Waals surface area contributed by atoms with Crippen molar-refractivity contribution < 1.29 is 9.13 Å². The lowest BCUT2D eigenvalue weighted by atomic mass is 10.2. The van der Waals surface area contributed by atoms with Crippen molar-refractivity contribution in [2.24, 2.45) is 0 Å². The van der Waals surface area contributed by atoms with E-state index in [1.54, 1.807) is 13.0 Å². The van der Waals surface area contributed by atoms with E-state index in [-0.39, 0.29) is 10.9 Å². The van der Waals surface area contributed by atoms with Gasteiger partial charge in [-0.05, 0) is 31.2 Å². The molecule has 0 saturated carbocycles. The third-order valence-corrected chi connectivity index (χ3v) is 2.46. The van der Waals surface area contributed by atoms with Crippen LogP contribution in [-0.2, 0) is 0 Å². The number of aryl methyl sites for hydroxylation is 1. The van der Waals surface area contributed by atoms with E-state index in [1.807, 2.05) is 6.07 Å². The van der Waals surface area contributed by atoms with Crippen molar-refractivity contribution >= 4 is 11.6 Å². The molecule has 0 atom stereocenters. The predicted molar refractivity (Wildman–Crippen MR) is 65.2 cm³/mol. The van der Waals surface area contributed by atoms with Crippen LogP contribution in [0.4, 0.5) is 4.39 Å². The van der Waals surface area contributed by atoms with Gasteiger partial charge in [-0.15, -0.1) is 0 Å². The highest BCUT2D eigenvalue weighted by Crippen LogP contribution is 2.29. The standard InChI is InChI=1S/C13H8ClFN2O/c1-8-4-9(7-16)5-13(17-8)18-12-3-2-10(15)6-11(12)14/h2-6H,1H3. The zero-order valence-electron chi connectivity index (χ0n) is 9.45. The Hall–Kier alpha value is -2.12. The fraction of sp³-hybridized carbons (Fsp3) is 0.0769. The first-order valence-corrected chi connectivity index (χ1v) is 5.48. The van der Waals surface area contributed by atoms with Crippen molar-refractivity contribution in [2.45, 2.75) is 6.92 Å². The molecule has 1 heterocycles. The van der Waals surface area contributed by atoms with Gasteiger partial charge in [0.25, 0.3) is 0 Å². The van der Waals surface area contributed by atoms with E-state index < -0.39 is 5.82 Å². The third-order valence-electron chi connectivity index (χ3n) is 2.17. The minimum atomic E-state index is -0.442. The molecule has 3 nitrogen and oxygen atoms in total. The summed E-state index contributed by atoms with van der Waals surface area (Å²) in [5.41, 5.74) is 1.10. The summed E-state index contributed by atoms with van der Waals surface area (Å²) in [7, 11) is 0. The van der Waals surface area contributed by atoms with Gasteiger partial charge in [0.15, 0.2) is 0 Å². The molecule has 0 bridgehead atoms. The molecule has 1 aromatic heterocycles. The number of benzene rings is 1. The summed E-state index contributed by atoms with van der Waals surface area (Å²) in [6, 6.07) is 8.93. The van der Waals surface area contributed by atoms with E-state index >= 15 is 0 Å². The SMILES string of the molecule is Cc1cc(C#N)cc(Oc2ccc(F)cc2Cl)n1. The lowest BCUT2D eigenvalue weighted by molar-refractivity contribution is 0.460. The van der Waals surface area contributed by atoms with Crippen molar-refractivity contribution in [1.82, 2.24) is 4.98 Å². The molecule has 0 unspecified atom stereocenters. The molecule has 0 amide bonds. The Bertz CT molecular complexity index is 637. The van der Waals surface area contributed by atoms with E-state index in [0.29, 0.717) is 17.0 Å².